The summed E-state index contributed by atoms with van der Waals surface area (Å²) in [7, 11) is 0. The Morgan fingerprint density at radius 1 is 1.35 bits per heavy atom. The van der Waals surface area contributed by atoms with Gasteiger partial charge in [0, 0.05) is 18.4 Å². The molecule has 0 bridgehead atoms. The van der Waals surface area contributed by atoms with Crippen LogP contribution in [0, 0.1) is 0 Å². The number of aromatic nitrogens is 1. The van der Waals surface area contributed by atoms with Gasteiger partial charge in [0.1, 0.15) is 5.82 Å². The third-order valence-corrected chi connectivity index (χ3v) is 4.00. The van der Waals surface area contributed by atoms with Crippen molar-refractivity contribution in [3.05, 3.63) is 22.8 Å². The maximum absolute atomic E-state index is 6.10. The number of ether oxygens (including phenoxy) is 1. The molecule has 1 heterocycles. The van der Waals surface area contributed by atoms with Gasteiger partial charge in [-0.1, -0.05) is 32.4 Å². The Morgan fingerprint density at radius 3 is 2.50 bits per heavy atom. The van der Waals surface area contributed by atoms with E-state index >= 15 is 0 Å². The van der Waals surface area contributed by atoms with Crippen molar-refractivity contribution in [3.63, 3.8) is 0 Å². The molecule has 0 spiro atoms. The Kier molecular flexibility index (Phi) is 6.72. The minimum Gasteiger partial charge on any atom is -0.383 e. The number of halogens is 1. The number of hydrogen-bond acceptors (Lipinski definition) is 4. The molecule has 0 amide bonds. The molecule has 0 aromatic carbocycles. The number of hydrogen-bond donors (Lipinski definition) is 2. The van der Waals surface area contributed by atoms with Gasteiger partial charge in [-0.05, 0) is 32.4 Å². The monoisotopic (exact) mass is 299 g/mol. The van der Waals surface area contributed by atoms with Crippen LogP contribution in [0.3, 0.4) is 0 Å². The second-order valence-electron chi connectivity index (χ2n) is 4.82. The van der Waals surface area contributed by atoms with E-state index in [1.165, 1.54) is 0 Å². The third-order valence-electron chi connectivity index (χ3n) is 3.79. The van der Waals surface area contributed by atoms with E-state index in [9.17, 15) is 0 Å². The fraction of sp³-hybridized carbons (Fsp3) is 0.667. The number of pyridine rings is 1. The zero-order chi connectivity index (χ0) is 15.2. The molecule has 20 heavy (non-hydrogen) atoms. The number of nitrogen functional groups attached to an aromatic ring is 1. The maximum atomic E-state index is 6.10. The molecule has 3 N–H and O–H groups in total. The van der Waals surface area contributed by atoms with Crippen molar-refractivity contribution in [3.8, 4) is 0 Å². The second-order valence-corrected chi connectivity index (χ2v) is 5.26. The molecular weight excluding hydrogens is 274 g/mol. The lowest BCUT2D eigenvalue weighted by molar-refractivity contribution is -0.0729. The Labute approximate surface area is 127 Å². The zero-order valence-corrected chi connectivity index (χ0v) is 13.6. The molecule has 0 aliphatic carbocycles. The Hall–Kier alpha value is -0.840. The highest BCUT2D eigenvalue weighted by atomic mass is 35.5. The first-order valence-corrected chi connectivity index (χ1v) is 7.70. The lowest BCUT2D eigenvalue weighted by Gasteiger charge is -2.40. The van der Waals surface area contributed by atoms with Gasteiger partial charge >= 0.3 is 0 Å². The summed E-state index contributed by atoms with van der Waals surface area (Å²) in [5, 5.41) is 4.08. The van der Waals surface area contributed by atoms with Crippen LogP contribution in [0.4, 0.5) is 5.82 Å². The average molecular weight is 300 g/mol. The first-order chi connectivity index (χ1) is 9.54. The lowest BCUT2D eigenvalue weighted by atomic mass is 9.83. The van der Waals surface area contributed by atoms with Crippen LogP contribution in [0.5, 0.6) is 0 Å². The molecule has 0 saturated carbocycles. The van der Waals surface area contributed by atoms with E-state index in [1.54, 1.807) is 6.20 Å². The molecule has 1 aromatic rings. The van der Waals surface area contributed by atoms with Crippen LogP contribution < -0.4 is 11.1 Å². The number of nitrogens with zero attached hydrogens (tertiary/aromatic N) is 1. The number of rotatable bonds is 8. The van der Waals surface area contributed by atoms with Gasteiger partial charge in [-0.2, -0.15) is 0 Å². The van der Waals surface area contributed by atoms with E-state index in [4.69, 9.17) is 22.1 Å². The van der Waals surface area contributed by atoms with Crippen molar-refractivity contribution in [2.75, 3.05) is 18.9 Å². The summed E-state index contributed by atoms with van der Waals surface area (Å²) in [6.07, 6.45) is 3.35. The molecule has 0 saturated heterocycles. The smallest absolute Gasteiger partial charge is 0.128 e. The van der Waals surface area contributed by atoms with E-state index in [0.717, 1.165) is 24.9 Å². The first kappa shape index (κ1) is 17.2. The summed E-state index contributed by atoms with van der Waals surface area (Å²) >= 11 is 6.09. The summed E-state index contributed by atoms with van der Waals surface area (Å²) in [5.41, 5.74) is 6.67. The predicted octanol–water partition coefficient (Wildman–Crippen LogP) is 3.56. The summed E-state index contributed by atoms with van der Waals surface area (Å²) in [6.45, 7) is 9.85. The molecule has 1 atom stereocenters. The van der Waals surface area contributed by atoms with Gasteiger partial charge in [0.05, 0.1) is 16.7 Å². The number of likely N-dealkylation sites (N-methyl/N-ethyl adjacent to an activating group) is 1. The van der Waals surface area contributed by atoms with Crippen molar-refractivity contribution in [2.45, 2.75) is 52.2 Å². The van der Waals surface area contributed by atoms with Crippen LogP contribution in [0.2, 0.25) is 5.02 Å². The van der Waals surface area contributed by atoms with Gasteiger partial charge in [-0.3, -0.25) is 0 Å². The molecule has 0 aliphatic rings. The van der Waals surface area contributed by atoms with Crippen molar-refractivity contribution in [1.29, 1.82) is 0 Å². The van der Waals surface area contributed by atoms with Gasteiger partial charge < -0.3 is 15.8 Å². The Morgan fingerprint density at radius 2 is 2.00 bits per heavy atom. The predicted molar refractivity (Wildman–Crippen MR) is 85.0 cm³/mol. The largest absolute Gasteiger partial charge is 0.383 e. The third kappa shape index (κ3) is 3.62. The molecule has 114 valence electrons. The van der Waals surface area contributed by atoms with Gasteiger partial charge in [0.15, 0.2) is 0 Å². The van der Waals surface area contributed by atoms with E-state index in [0.29, 0.717) is 17.4 Å². The molecule has 0 aliphatic heterocycles. The normalized spacial score (nSPS) is 13.4. The molecule has 5 heteroatoms. The van der Waals surface area contributed by atoms with Crippen molar-refractivity contribution >= 4 is 17.4 Å². The second kappa shape index (κ2) is 7.81. The molecule has 0 fully saturated rings. The Bertz CT molecular complexity index is 422. The first-order valence-electron chi connectivity index (χ1n) is 7.32. The van der Waals surface area contributed by atoms with Crippen LogP contribution in [-0.4, -0.2) is 23.7 Å². The van der Waals surface area contributed by atoms with E-state index in [2.05, 4.69) is 31.1 Å². The Balaban J connectivity index is 3.29. The zero-order valence-electron chi connectivity index (χ0n) is 12.9. The van der Waals surface area contributed by atoms with Crippen molar-refractivity contribution in [1.82, 2.24) is 10.3 Å². The van der Waals surface area contributed by atoms with Crippen molar-refractivity contribution in [2.24, 2.45) is 0 Å². The van der Waals surface area contributed by atoms with Gasteiger partial charge in [0.25, 0.3) is 0 Å². The highest BCUT2D eigenvalue weighted by Crippen LogP contribution is 2.38. The van der Waals surface area contributed by atoms with E-state index < -0.39 is 0 Å². The topological polar surface area (TPSA) is 60.2 Å². The van der Waals surface area contributed by atoms with Crippen LogP contribution >= 0.6 is 11.6 Å². The van der Waals surface area contributed by atoms with Gasteiger partial charge in [0.2, 0.25) is 0 Å². The molecular formula is C15H26ClN3O. The number of nitrogens with one attached hydrogen (secondary N) is 1. The molecule has 1 aromatic heterocycles. The molecule has 1 unspecified atom stereocenters. The van der Waals surface area contributed by atoms with Gasteiger partial charge in [-0.25, -0.2) is 4.98 Å². The fourth-order valence-electron chi connectivity index (χ4n) is 2.71. The lowest BCUT2D eigenvalue weighted by Crippen LogP contribution is -2.46. The van der Waals surface area contributed by atoms with E-state index in [1.807, 2.05) is 13.0 Å². The number of nitrogens with two attached hydrogens (primary N) is 1. The van der Waals surface area contributed by atoms with Gasteiger partial charge in [-0.15, -0.1) is 0 Å². The SMILES string of the molecule is CCNC(c1cc(Cl)cnc1N)C(CC)(CC)OCC. The summed E-state index contributed by atoms with van der Waals surface area (Å²) in [4.78, 5) is 4.17. The van der Waals surface area contributed by atoms with Crippen molar-refractivity contribution < 1.29 is 4.74 Å². The molecule has 0 radical (unpaired) electrons. The van der Waals surface area contributed by atoms with Crippen LogP contribution in [-0.2, 0) is 4.74 Å². The maximum Gasteiger partial charge on any atom is 0.128 e. The van der Waals surface area contributed by atoms with Crippen LogP contribution in [0.25, 0.3) is 0 Å². The van der Waals surface area contributed by atoms with Crippen LogP contribution in [0.15, 0.2) is 12.3 Å². The quantitative estimate of drug-likeness (QED) is 0.770. The molecule has 1 rings (SSSR count). The minimum absolute atomic E-state index is 0.0198. The average Bonchev–Trinajstić information content (AvgIpc) is 2.45. The summed E-state index contributed by atoms with van der Waals surface area (Å²) in [6, 6.07) is 1.87. The highest BCUT2D eigenvalue weighted by Gasteiger charge is 2.38. The molecule has 4 nitrogen and oxygen atoms in total. The highest BCUT2D eigenvalue weighted by molar-refractivity contribution is 6.30. The van der Waals surface area contributed by atoms with E-state index in [-0.39, 0.29) is 11.6 Å². The number of anilines is 1. The summed E-state index contributed by atoms with van der Waals surface area (Å²) < 4.78 is 6.10. The fourth-order valence-corrected chi connectivity index (χ4v) is 2.88. The minimum atomic E-state index is -0.300. The standard InChI is InChI=1S/C15H26ClN3O/c1-5-15(6-2,20-8-4)13(18-7-3)12-9-11(16)10-19-14(12)17/h9-10,13,18H,5-8H2,1-4H3,(H2,17,19). The van der Waals surface area contributed by atoms with Crippen LogP contribution in [0.1, 0.15) is 52.1 Å². The summed E-state index contributed by atoms with van der Waals surface area (Å²) in [5.74, 6) is 0.506.